The van der Waals surface area contributed by atoms with Gasteiger partial charge >= 0.3 is 0 Å². The number of aliphatic hydroxyl groups excluding tert-OH is 1. The minimum absolute atomic E-state index is 0.0646. The number of ether oxygens (including phenoxy) is 4. The summed E-state index contributed by atoms with van der Waals surface area (Å²) in [7, 11) is 4.56. The van der Waals surface area contributed by atoms with Crippen molar-refractivity contribution in [3.8, 4) is 23.0 Å². The van der Waals surface area contributed by atoms with Crippen molar-refractivity contribution in [1.29, 1.82) is 0 Å². The van der Waals surface area contributed by atoms with Crippen LogP contribution in [0.1, 0.15) is 11.1 Å². The molecule has 0 fully saturated rings. The van der Waals surface area contributed by atoms with Gasteiger partial charge in [-0.1, -0.05) is 24.3 Å². The highest BCUT2D eigenvalue weighted by Crippen LogP contribution is 2.29. The number of hydrogen-bond donors (Lipinski definition) is 1. The van der Waals surface area contributed by atoms with E-state index in [9.17, 15) is 14.3 Å². The highest BCUT2D eigenvalue weighted by Gasteiger charge is 2.05. The third kappa shape index (κ3) is 7.22. The first-order chi connectivity index (χ1) is 15.0. The maximum absolute atomic E-state index is 12.3. The fraction of sp³-hybridized carbons (Fsp3) is 0.208. The van der Waals surface area contributed by atoms with Crippen LogP contribution in [0.5, 0.6) is 23.0 Å². The summed E-state index contributed by atoms with van der Waals surface area (Å²) in [5.41, 5.74) is 1.45. The molecule has 164 valence electrons. The smallest absolute Gasteiger partial charge is 0.182 e. The summed E-state index contributed by atoms with van der Waals surface area (Å²) in [6.45, 7) is -0.666. The Labute approximate surface area is 180 Å². The van der Waals surface area contributed by atoms with Crippen molar-refractivity contribution in [3.05, 3.63) is 71.5 Å². The quantitative estimate of drug-likeness (QED) is 0.315. The Morgan fingerprint density at radius 2 is 1.42 bits per heavy atom. The van der Waals surface area contributed by atoms with Gasteiger partial charge in [-0.2, -0.15) is 0 Å². The van der Waals surface area contributed by atoms with Crippen molar-refractivity contribution >= 4 is 17.9 Å². The normalized spacial score (nSPS) is 11.7. The molecule has 6 nitrogen and oxygen atoms in total. The molecular formula is C24H25FO6. The molecule has 0 radical (unpaired) electrons. The molecule has 0 aromatic heterocycles. The fourth-order valence-corrected chi connectivity index (χ4v) is 2.61. The van der Waals surface area contributed by atoms with E-state index in [0.29, 0.717) is 28.6 Å². The summed E-state index contributed by atoms with van der Waals surface area (Å²) in [6.07, 6.45) is 7.05. The fourth-order valence-electron chi connectivity index (χ4n) is 2.61. The van der Waals surface area contributed by atoms with Gasteiger partial charge in [0.05, 0.1) is 21.3 Å². The van der Waals surface area contributed by atoms with Crippen LogP contribution >= 0.6 is 0 Å². The number of rotatable bonds is 11. The maximum atomic E-state index is 12.3. The van der Waals surface area contributed by atoms with Gasteiger partial charge in [-0.15, -0.1) is 0 Å². The van der Waals surface area contributed by atoms with Crippen LogP contribution in [0, 0.1) is 0 Å². The van der Waals surface area contributed by atoms with Crippen LogP contribution < -0.4 is 18.9 Å². The second-order valence-corrected chi connectivity index (χ2v) is 6.20. The second kappa shape index (κ2) is 12.1. The lowest BCUT2D eigenvalue weighted by atomic mass is 10.1. The van der Waals surface area contributed by atoms with Gasteiger partial charge in [-0.05, 0) is 47.5 Å². The Kier molecular flexibility index (Phi) is 9.16. The van der Waals surface area contributed by atoms with Gasteiger partial charge in [0.1, 0.15) is 19.0 Å². The van der Waals surface area contributed by atoms with Crippen LogP contribution in [0.25, 0.3) is 12.2 Å². The zero-order valence-electron chi connectivity index (χ0n) is 17.6. The lowest BCUT2D eigenvalue weighted by molar-refractivity contribution is -0.110. The van der Waals surface area contributed by atoms with E-state index in [0.717, 1.165) is 11.6 Å². The summed E-state index contributed by atoms with van der Waals surface area (Å²) in [5.74, 6) is 1.41. The van der Waals surface area contributed by atoms with Crippen LogP contribution in [-0.2, 0) is 4.79 Å². The molecule has 0 saturated carbocycles. The minimum atomic E-state index is -0.602. The molecule has 2 aromatic carbocycles. The van der Waals surface area contributed by atoms with Crippen LogP contribution in [0.15, 0.2) is 60.4 Å². The molecule has 0 unspecified atom stereocenters. The molecular weight excluding hydrogens is 403 g/mol. The van der Waals surface area contributed by atoms with E-state index >= 15 is 0 Å². The highest BCUT2D eigenvalue weighted by molar-refractivity contribution is 6.02. The van der Waals surface area contributed by atoms with E-state index in [-0.39, 0.29) is 12.4 Å². The van der Waals surface area contributed by atoms with Crippen molar-refractivity contribution in [3.63, 3.8) is 0 Å². The molecule has 0 aliphatic rings. The Bertz CT molecular complexity index is 978. The van der Waals surface area contributed by atoms with E-state index in [1.807, 2.05) is 0 Å². The zero-order valence-corrected chi connectivity index (χ0v) is 17.6. The predicted octanol–water partition coefficient (Wildman–Crippen LogP) is 4.80. The number of carbonyl (C=O) groups is 1. The van der Waals surface area contributed by atoms with Crippen molar-refractivity contribution in [2.24, 2.45) is 0 Å². The molecule has 7 heteroatoms. The molecule has 0 aliphatic carbocycles. The average Bonchev–Trinajstić information content (AvgIpc) is 2.79. The summed E-state index contributed by atoms with van der Waals surface area (Å²) in [4.78, 5) is 12.1. The molecule has 0 bridgehead atoms. The van der Waals surface area contributed by atoms with Crippen LogP contribution in [0.3, 0.4) is 0 Å². The number of carbonyl (C=O) groups excluding carboxylic acids is 1. The largest absolute Gasteiger partial charge is 0.508 e. The Morgan fingerprint density at radius 3 is 2.00 bits per heavy atom. The average molecular weight is 428 g/mol. The van der Waals surface area contributed by atoms with Gasteiger partial charge in [0.25, 0.3) is 0 Å². The molecule has 0 heterocycles. The van der Waals surface area contributed by atoms with Crippen molar-refractivity contribution < 1.29 is 33.2 Å². The molecule has 0 amide bonds. The third-order valence-corrected chi connectivity index (χ3v) is 4.11. The first kappa shape index (κ1) is 23.5. The molecule has 0 saturated heterocycles. The zero-order chi connectivity index (χ0) is 22.6. The number of benzene rings is 2. The Balaban J connectivity index is 2.05. The van der Waals surface area contributed by atoms with Crippen LogP contribution in [-0.4, -0.2) is 45.5 Å². The Morgan fingerprint density at radius 1 is 0.871 bits per heavy atom. The van der Waals surface area contributed by atoms with Crippen molar-refractivity contribution in [2.75, 3.05) is 34.6 Å². The van der Waals surface area contributed by atoms with Gasteiger partial charge in [0.15, 0.2) is 28.8 Å². The van der Waals surface area contributed by atoms with Crippen LogP contribution in [0.2, 0.25) is 0 Å². The van der Waals surface area contributed by atoms with Crippen LogP contribution in [0.4, 0.5) is 4.39 Å². The van der Waals surface area contributed by atoms with E-state index in [1.165, 1.54) is 26.4 Å². The van der Waals surface area contributed by atoms with Crippen molar-refractivity contribution in [2.45, 2.75) is 0 Å². The molecule has 0 atom stereocenters. The molecule has 2 rings (SSSR count). The summed E-state index contributed by atoms with van der Waals surface area (Å²) in [5, 5.41) is 10.0. The van der Waals surface area contributed by atoms with Gasteiger partial charge in [0.2, 0.25) is 0 Å². The summed E-state index contributed by atoms with van der Waals surface area (Å²) < 4.78 is 33.1. The standard InChI is InChI=1S/C24H25FO6/c1-28-21-10-6-17(14-23(21)29-2)4-8-19(26)16-20(27)9-5-18-7-11-22(31-13-12-25)24(15-18)30-3/h4-11,14-16,26H,12-13H2,1-3H3/b8-4+,9-5+,19-16?. The number of methoxy groups -OCH3 is 3. The molecule has 31 heavy (non-hydrogen) atoms. The second-order valence-electron chi connectivity index (χ2n) is 6.20. The number of hydrogen-bond acceptors (Lipinski definition) is 6. The maximum Gasteiger partial charge on any atom is 0.182 e. The monoisotopic (exact) mass is 428 g/mol. The number of halogens is 1. The predicted molar refractivity (Wildman–Crippen MR) is 118 cm³/mol. The van der Waals surface area contributed by atoms with E-state index in [1.54, 1.807) is 55.7 Å². The molecule has 0 aliphatic heterocycles. The number of ketones is 1. The molecule has 2 aromatic rings. The van der Waals surface area contributed by atoms with Gasteiger partial charge < -0.3 is 24.1 Å². The van der Waals surface area contributed by atoms with E-state index < -0.39 is 12.5 Å². The van der Waals surface area contributed by atoms with Gasteiger partial charge in [0, 0.05) is 6.08 Å². The first-order valence-electron chi connectivity index (χ1n) is 9.40. The number of alkyl halides is 1. The van der Waals surface area contributed by atoms with Gasteiger partial charge in [-0.25, -0.2) is 4.39 Å². The first-order valence-corrected chi connectivity index (χ1v) is 9.40. The summed E-state index contributed by atoms with van der Waals surface area (Å²) in [6, 6.07) is 10.3. The van der Waals surface area contributed by atoms with E-state index in [2.05, 4.69) is 0 Å². The third-order valence-electron chi connectivity index (χ3n) is 4.11. The number of aliphatic hydroxyl groups is 1. The van der Waals surface area contributed by atoms with E-state index in [4.69, 9.17) is 18.9 Å². The SMILES string of the molecule is COc1ccc(/C=C/C(O)=CC(=O)/C=C/c2ccc(OCCF)c(OC)c2)cc1OC. The summed E-state index contributed by atoms with van der Waals surface area (Å²) >= 11 is 0. The lowest BCUT2D eigenvalue weighted by Gasteiger charge is -2.09. The molecule has 0 spiro atoms. The van der Waals surface area contributed by atoms with Gasteiger partial charge in [-0.3, -0.25) is 4.79 Å². The topological polar surface area (TPSA) is 74.2 Å². The lowest BCUT2D eigenvalue weighted by Crippen LogP contribution is -2.00. The van der Waals surface area contributed by atoms with Crippen molar-refractivity contribution in [1.82, 2.24) is 0 Å². The number of allylic oxidation sites excluding steroid dienone is 3. The highest BCUT2D eigenvalue weighted by atomic mass is 19.1. The Hall–Kier alpha value is -3.74. The molecule has 1 N–H and O–H groups in total. The minimum Gasteiger partial charge on any atom is -0.508 e.